The third-order valence-electron chi connectivity index (χ3n) is 6.32. The molecule has 1 saturated carbocycles. The summed E-state index contributed by atoms with van der Waals surface area (Å²) in [4.78, 5) is 26.8. The van der Waals surface area contributed by atoms with Crippen LogP contribution in [0.5, 0.6) is 0 Å². The number of aryl methyl sites for hydroxylation is 1. The first-order valence-electron chi connectivity index (χ1n) is 11.1. The topological polar surface area (TPSA) is 93.9 Å². The van der Waals surface area contributed by atoms with Gasteiger partial charge in [0.05, 0.1) is 5.69 Å². The summed E-state index contributed by atoms with van der Waals surface area (Å²) in [6.07, 6.45) is 0.0388. The van der Waals surface area contributed by atoms with Crippen molar-refractivity contribution in [3.05, 3.63) is 53.4 Å². The van der Waals surface area contributed by atoms with Gasteiger partial charge in [-0.3, -0.25) is 0 Å². The maximum atomic E-state index is 12.7. The summed E-state index contributed by atoms with van der Waals surface area (Å²) >= 11 is 0. The second-order valence-corrected chi connectivity index (χ2v) is 9.71. The first-order chi connectivity index (χ1) is 15.2. The minimum atomic E-state index is -0.572. The molecule has 0 radical (unpaired) electrons. The van der Waals surface area contributed by atoms with Crippen molar-refractivity contribution in [3.8, 4) is 0 Å². The molecule has 2 aliphatic rings. The zero-order chi connectivity index (χ0) is 22.9. The van der Waals surface area contributed by atoms with E-state index >= 15 is 0 Å². The second-order valence-electron chi connectivity index (χ2n) is 9.71. The average molecular weight is 442 g/mol. The second kappa shape index (κ2) is 8.48. The maximum absolute atomic E-state index is 12.7. The van der Waals surface area contributed by atoms with Gasteiger partial charge in [0.2, 0.25) is 0 Å². The number of likely N-dealkylation sites (tertiary alicyclic amines) is 1. The number of aromatic nitrogens is 1. The van der Waals surface area contributed by atoms with Crippen LogP contribution in [0.1, 0.15) is 44.2 Å². The lowest BCUT2D eigenvalue weighted by molar-refractivity contribution is 0.0519. The fourth-order valence-electron chi connectivity index (χ4n) is 4.80. The Kier molecular flexibility index (Phi) is 5.88. The van der Waals surface area contributed by atoms with Crippen LogP contribution in [0, 0.1) is 18.8 Å². The summed E-state index contributed by atoms with van der Waals surface area (Å²) < 4.78 is 16.3. The number of amides is 2. The van der Waals surface area contributed by atoms with E-state index in [0.29, 0.717) is 25.6 Å². The number of nitrogens with zero attached hydrogens (tertiary/aromatic N) is 2. The number of hydrogen-bond donors (Lipinski definition) is 1. The minimum absolute atomic E-state index is 0.167. The molecule has 1 saturated heterocycles. The summed E-state index contributed by atoms with van der Waals surface area (Å²) in [5.74, 6) is 1.19. The van der Waals surface area contributed by atoms with Gasteiger partial charge in [0, 0.05) is 31.1 Å². The molecule has 172 valence electrons. The molecule has 2 fully saturated rings. The Morgan fingerprint density at radius 3 is 2.66 bits per heavy atom. The molecule has 32 heavy (non-hydrogen) atoms. The predicted molar refractivity (Wildman–Crippen MR) is 117 cm³/mol. The van der Waals surface area contributed by atoms with E-state index < -0.39 is 11.7 Å². The van der Waals surface area contributed by atoms with Crippen LogP contribution in [0.25, 0.3) is 0 Å². The van der Waals surface area contributed by atoms with Crippen LogP contribution in [-0.2, 0) is 21.5 Å². The van der Waals surface area contributed by atoms with Crippen LogP contribution in [0.4, 0.5) is 9.59 Å². The number of ether oxygens (including phenoxy) is 2. The predicted octanol–water partition coefficient (Wildman–Crippen LogP) is 4.03. The van der Waals surface area contributed by atoms with E-state index in [9.17, 15) is 9.59 Å². The zero-order valence-electron chi connectivity index (χ0n) is 19.1. The molecular weight excluding hydrogens is 410 g/mol. The molecule has 1 N–H and O–H groups in total. The monoisotopic (exact) mass is 441 g/mol. The highest BCUT2D eigenvalue weighted by molar-refractivity contribution is 5.69. The van der Waals surface area contributed by atoms with Crippen LogP contribution >= 0.6 is 0 Å². The van der Waals surface area contributed by atoms with E-state index in [2.05, 4.69) is 10.5 Å². The maximum Gasteiger partial charge on any atom is 0.410 e. The molecular formula is C24H31N3O5. The van der Waals surface area contributed by atoms with Gasteiger partial charge in [-0.25, -0.2) is 9.59 Å². The lowest BCUT2D eigenvalue weighted by Gasteiger charge is -2.25. The average Bonchev–Trinajstić information content (AvgIpc) is 3.18. The Morgan fingerprint density at radius 2 is 2.00 bits per heavy atom. The molecule has 1 aliphatic carbocycles. The number of fused-ring (bicyclic) bond motifs is 1. The van der Waals surface area contributed by atoms with Gasteiger partial charge in [-0.05, 0) is 51.5 Å². The van der Waals surface area contributed by atoms with Crippen LogP contribution in [-0.4, -0.2) is 47.5 Å². The van der Waals surface area contributed by atoms with Crippen molar-refractivity contribution >= 4 is 12.2 Å². The number of benzene rings is 1. The van der Waals surface area contributed by atoms with Gasteiger partial charge in [0.15, 0.2) is 0 Å². The summed E-state index contributed by atoms with van der Waals surface area (Å²) in [5, 5.41) is 7.19. The Hall–Kier alpha value is -3.03. The van der Waals surface area contributed by atoms with E-state index in [-0.39, 0.29) is 24.0 Å². The quantitative estimate of drug-likeness (QED) is 0.753. The molecule has 3 atom stereocenters. The van der Waals surface area contributed by atoms with Gasteiger partial charge in [-0.1, -0.05) is 35.5 Å². The first kappa shape index (κ1) is 22.2. The highest BCUT2D eigenvalue weighted by Crippen LogP contribution is 2.63. The minimum Gasteiger partial charge on any atom is -0.445 e. The Bertz CT molecular complexity index is 968. The van der Waals surface area contributed by atoms with Gasteiger partial charge in [0.1, 0.15) is 18.0 Å². The van der Waals surface area contributed by atoms with E-state index in [0.717, 1.165) is 23.4 Å². The van der Waals surface area contributed by atoms with Crippen molar-refractivity contribution < 1.29 is 23.6 Å². The van der Waals surface area contributed by atoms with E-state index in [1.165, 1.54) is 0 Å². The smallest absolute Gasteiger partial charge is 0.410 e. The molecule has 4 rings (SSSR count). The van der Waals surface area contributed by atoms with Crippen molar-refractivity contribution in [2.45, 2.75) is 51.7 Å². The van der Waals surface area contributed by atoms with Crippen molar-refractivity contribution in [2.75, 3.05) is 19.6 Å². The number of piperidine rings is 1. The lowest BCUT2D eigenvalue weighted by Crippen LogP contribution is -2.39. The van der Waals surface area contributed by atoms with Gasteiger partial charge >= 0.3 is 12.2 Å². The molecule has 1 aromatic heterocycles. The van der Waals surface area contributed by atoms with Crippen LogP contribution < -0.4 is 5.32 Å². The third kappa shape index (κ3) is 4.59. The highest BCUT2D eigenvalue weighted by Gasteiger charge is 2.68. The fourth-order valence-corrected chi connectivity index (χ4v) is 4.80. The molecule has 1 aromatic carbocycles. The number of carbonyl (C=O) groups excluding carboxylic acids is 2. The van der Waals surface area contributed by atoms with Crippen LogP contribution in [0.3, 0.4) is 0 Å². The summed E-state index contributed by atoms with van der Waals surface area (Å²) in [6, 6.07) is 11.6. The third-order valence-corrected chi connectivity index (χ3v) is 6.32. The molecule has 2 heterocycles. The number of carbonyl (C=O) groups is 2. The normalized spacial score (nSPS) is 24.4. The number of nitrogens with one attached hydrogen (secondary N) is 1. The number of hydrogen-bond acceptors (Lipinski definition) is 6. The van der Waals surface area contributed by atoms with Gasteiger partial charge in [-0.2, -0.15) is 0 Å². The van der Waals surface area contributed by atoms with E-state index in [1.807, 2.05) is 64.1 Å². The van der Waals surface area contributed by atoms with Crippen molar-refractivity contribution in [1.82, 2.24) is 15.4 Å². The van der Waals surface area contributed by atoms with Gasteiger partial charge in [-0.15, -0.1) is 0 Å². The summed E-state index contributed by atoms with van der Waals surface area (Å²) in [5.41, 5.74) is 0.831. The molecule has 2 aromatic rings. The van der Waals surface area contributed by atoms with E-state index in [1.54, 1.807) is 4.90 Å². The summed E-state index contributed by atoms with van der Waals surface area (Å²) in [7, 11) is 0. The van der Waals surface area contributed by atoms with Gasteiger partial charge in [0.25, 0.3) is 0 Å². The SMILES string of the molecule is Cc1cc(C2(CNC(=O)OC(C)(C)C)C3CCN(C(=O)OCc4ccccc4)CC32)no1. The molecule has 8 nitrogen and oxygen atoms in total. The molecule has 2 amide bonds. The molecule has 0 bridgehead atoms. The largest absolute Gasteiger partial charge is 0.445 e. The van der Waals surface area contributed by atoms with Crippen LogP contribution in [0.15, 0.2) is 40.9 Å². The molecule has 8 heteroatoms. The Balaban J connectivity index is 1.42. The van der Waals surface area contributed by atoms with Crippen molar-refractivity contribution in [3.63, 3.8) is 0 Å². The van der Waals surface area contributed by atoms with E-state index in [4.69, 9.17) is 14.0 Å². The fraction of sp³-hybridized carbons (Fsp3) is 0.542. The van der Waals surface area contributed by atoms with Crippen LogP contribution in [0.2, 0.25) is 0 Å². The molecule has 3 unspecified atom stereocenters. The molecule has 1 aliphatic heterocycles. The van der Waals surface area contributed by atoms with Crippen molar-refractivity contribution in [1.29, 1.82) is 0 Å². The lowest BCUT2D eigenvalue weighted by atomic mass is 9.96. The van der Waals surface area contributed by atoms with Gasteiger partial charge < -0.3 is 24.2 Å². The number of rotatable bonds is 5. The summed E-state index contributed by atoms with van der Waals surface area (Å²) in [6.45, 7) is 9.15. The standard InChI is InChI=1S/C24H31N3O5/c1-16-12-20(26-32-16)24(15-25-21(28)31-23(2,3)4)18-10-11-27(13-19(18)24)22(29)30-14-17-8-6-5-7-9-17/h5-9,12,18-19H,10-11,13-15H2,1-4H3,(H,25,28). The van der Waals surface area contributed by atoms with Crippen molar-refractivity contribution in [2.24, 2.45) is 11.8 Å². The zero-order valence-corrected chi connectivity index (χ0v) is 19.1. The molecule has 0 spiro atoms. The highest BCUT2D eigenvalue weighted by atomic mass is 16.6. The first-order valence-corrected chi connectivity index (χ1v) is 11.1. The number of alkyl carbamates (subject to hydrolysis) is 1. The Morgan fingerprint density at radius 1 is 1.25 bits per heavy atom. The Labute approximate surface area is 188 Å².